The van der Waals surface area contributed by atoms with Crippen LogP contribution in [-0.2, 0) is 22.4 Å². The van der Waals surface area contributed by atoms with Gasteiger partial charge in [0.25, 0.3) is 0 Å². The first-order valence-electron chi connectivity index (χ1n) is 9.30. The molecule has 0 radical (unpaired) electrons. The minimum Gasteiger partial charge on any atom is -0.373 e. The summed E-state index contributed by atoms with van der Waals surface area (Å²) in [6, 6.07) is 6.77. The van der Waals surface area contributed by atoms with Crippen LogP contribution < -0.4 is 5.32 Å². The van der Waals surface area contributed by atoms with Gasteiger partial charge in [0.1, 0.15) is 0 Å². The number of nitrogens with one attached hydrogen (secondary N) is 1. The van der Waals surface area contributed by atoms with E-state index in [4.69, 9.17) is 4.74 Å². The first kappa shape index (κ1) is 17.4. The van der Waals surface area contributed by atoms with Crippen LogP contribution in [0, 0.1) is 0 Å². The van der Waals surface area contributed by atoms with E-state index < -0.39 is 0 Å². The highest BCUT2D eigenvalue weighted by Gasteiger charge is 2.24. The molecular formula is C20H30N2O2. The molecule has 2 aliphatic rings. The van der Waals surface area contributed by atoms with Crippen molar-refractivity contribution in [3.05, 3.63) is 34.9 Å². The lowest BCUT2D eigenvalue weighted by Gasteiger charge is -2.35. The molecule has 1 N–H and O–H groups in total. The van der Waals surface area contributed by atoms with Gasteiger partial charge in [0, 0.05) is 13.1 Å². The molecule has 1 aliphatic carbocycles. The lowest BCUT2D eigenvalue weighted by atomic mass is 9.89. The smallest absolute Gasteiger partial charge is 0.234 e. The van der Waals surface area contributed by atoms with E-state index in [9.17, 15) is 4.79 Å². The zero-order chi connectivity index (χ0) is 17.1. The van der Waals surface area contributed by atoms with Gasteiger partial charge in [-0.15, -0.1) is 0 Å². The molecule has 4 heteroatoms. The number of amides is 1. The Labute approximate surface area is 145 Å². The molecule has 0 unspecified atom stereocenters. The van der Waals surface area contributed by atoms with Crippen molar-refractivity contribution in [2.45, 2.75) is 64.7 Å². The molecule has 1 fully saturated rings. The van der Waals surface area contributed by atoms with Gasteiger partial charge >= 0.3 is 0 Å². The van der Waals surface area contributed by atoms with Gasteiger partial charge in [-0.3, -0.25) is 9.69 Å². The number of nitrogens with zero attached hydrogens (tertiary/aromatic N) is 1. The Balaban J connectivity index is 1.56. The van der Waals surface area contributed by atoms with Gasteiger partial charge in [0.15, 0.2) is 0 Å². The number of morpholine rings is 1. The Morgan fingerprint density at radius 1 is 1.21 bits per heavy atom. The molecule has 0 saturated carbocycles. The Kier molecular flexibility index (Phi) is 5.57. The second-order valence-electron chi connectivity index (χ2n) is 7.48. The van der Waals surface area contributed by atoms with E-state index in [-0.39, 0.29) is 24.2 Å². The second-order valence-corrected chi connectivity index (χ2v) is 7.48. The number of aryl methyl sites for hydroxylation is 2. The SMILES string of the molecule is C[C@@H]1CN(CC(=O)N[C@H](C)c2ccc3c(c2)CCCC3)C[C@H](C)O1. The molecule has 24 heavy (non-hydrogen) atoms. The third kappa shape index (κ3) is 4.37. The quantitative estimate of drug-likeness (QED) is 0.923. The van der Waals surface area contributed by atoms with Gasteiger partial charge in [-0.2, -0.15) is 0 Å². The number of fused-ring (bicyclic) bond motifs is 1. The monoisotopic (exact) mass is 330 g/mol. The normalized spacial score (nSPS) is 25.8. The number of ether oxygens (including phenoxy) is 1. The first-order valence-corrected chi connectivity index (χ1v) is 9.30. The molecule has 1 heterocycles. The molecule has 0 aromatic heterocycles. The van der Waals surface area contributed by atoms with E-state index >= 15 is 0 Å². The van der Waals surface area contributed by atoms with Gasteiger partial charge < -0.3 is 10.1 Å². The summed E-state index contributed by atoms with van der Waals surface area (Å²) in [6.45, 7) is 8.31. The predicted molar refractivity (Wildman–Crippen MR) is 96.1 cm³/mol. The summed E-state index contributed by atoms with van der Waals surface area (Å²) in [6.07, 6.45) is 5.34. The van der Waals surface area contributed by atoms with Crippen LogP contribution in [0.5, 0.6) is 0 Å². The van der Waals surface area contributed by atoms with Crippen LogP contribution in [0.2, 0.25) is 0 Å². The maximum absolute atomic E-state index is 12.4. The van der Waals surface area contributed by atoms with Crippen molar-refractivity contribution in [1.29, 1.82) is 0 Å². The standard InChI is InChI=1S/C20H30N2O2/c1-14-11-22(12-15(2)24-14)13-20(23)21-16(3)18-9-8-17-6-4-5-7-19(17)10-18/h8-10,14-16H,4-7,11-13H2,1-3H3,(H,21,23)/t14-,15+,16-/m1/s1. The molecule has 132 valence electrons. The van der Waals surface area contributed by atoms with Gasteiger partial charge in [0.2, 0.25) is 5.91 Å². The highest BCUT2D eigenvalue weighted by atomic mass is 16.5. The van der Waals surface area contributed by atoms with E-state index in [1.807, 2.05) is 0 Å². The highest BCUT2D eigenvalue weighted by Crippen LogP contribution is 2.24. The molecule has 1 saturated heterocycles. The van der Waals surface area contributed by atoms with Crippen LogP contribution in [0.1, 0.15) is 56.3 Å². The Morgan fingerprint density at radius 3 is 2.58 bits per heavy atom. The largest absolute Gasteiger partial charge is 0.373 e. The third-order valence-corrected chi connectivity index (χ3v) is 5.11. The van der Waals surface area contributed by atoms with Crippen molar-refractivity contribution in [3.63, 3.8) is 0 Å². The number of hydrogen-bond donors (Lipinski definition) is 1. The van der Waals surface area contributed by atoms with Crippen molar-refractivity contribution in [3.8, 4) is 0 Å². The van der Waals surface area contributed by atoms with Gasteiger partial charge in [-0.1, -0.05) is 18.2 Å². The van der Waals surface area contributed by atoms with Crippen LogP contribution in [0.3, 0.4) is 0 Å². The summed E-state index contributed by atoms with van der Waals surface area (Å²) in [4.78, 5) is 14.6. The van der Waals surface area contributed by atoms with Crippen LogP contribution >= 0.6 is 0 Å². The fourth-order valence-electron chi connectivity index (χ4n) is 4.01. The summed E-state index contributed by atoms with van der Waals surface area (Å²) in [5.74, 6) is 0.0986. The molecule has 1 aromatic carbocycles. The van der Waals surface area contributed by atoms with Gasteiger partial charge in [-0.05, 0) is 63.1 Å². The first-order chi connectivity index (χ1) is 11.5. The molecular weight excluding hydrogens is 300 g/mol. The summed E-state index contributed by atoms with van der Waals surface area (Å²) >= 11 is 0. The van der Waals surface area contributed by atoms with Crippen LogP contribution in [0.25, 0.3) is 0 Å². The zero-order valence-electron chi connectivity index (χ0n) is 15.2. The zero-order valence-corrected chi connectivity index (χ0v) is 15.2. The van der Waals surface area contributed by atoms with Crippen LogP contribution in [0.4, 0.5) is 0 Å². The molecule has 1 aliphatic heterocycles. The molecule has 1 amide bonds. The Bertz CT molecular complexity index is 577. The topological polar surface area (TPSA) is 41.6 Å². The van der Waals surface area contributed by atoms with Crippen molar-refractivity contribution in [2.75, 3.05) is 19.6 Å². The lowest BCUT2D eigenvalue weighted by Crippen LogP contribution is -2.49. The van der Waals surface area contributed by atoms with E-state index in [0.717, 1.165) is 13.1 Å². The van der Waals surface area contributed by atoms with E-state index in [2.05, 4.69) is 49.2 Å². The van der Waals surface area contributed by atoms with Crippen molar-refractivity contribution in [1.82, 2.24) is 10.2 Å². The fraction of sp³-hybridized carbons (Fsp3) is 0.650. The minimum absolute atomic E-state index is 0.0561. The Hall–Kier alpha value is -1.39. The fourth-order valence-corrected chi connectivity index (χ4v) is 4.01. The van der Waals surface area contributed by atoms with Crippen molar-refractivity contribution in [2.24, 2.45) is 0 Å². The highest BCUT2D eigenvalue weighted by molar-refractivity contribution is 5.78. The average Bonchev–Trinajstić information content (AvgIpc) is 2.53. The summed E-state index contributed by atoms with van der Waals surface area (Å²) in [7, 11) is 0. The number of benzene rings is 1. The molecule has 3 atom stereocenters. The predicted octanol–water partition coefficient (Wildman–Crippen LogP) is 2.85. The summed E-state index contributed by atoms with van der Waals surface area (Å²) in [5.41, 5.74) is 4.17. The molecule has 1 aromatic rings. The number of carbonyl (C=O) groups excluding carboxylic acids is 1. The molecule has 3 rings (SSSR count). The minimum atomic E-state index is 0.0561. The number of hydrogen-bond acceptors (Lipinski definition) is 3. The van der Waals surface area contributed by atoms with E-state index in [0.29, 0.717) is 6.54 Å². The Morgan fingerprint density at radius 2 is 1.88 bits per heavy atom. The number of rotatable bonds is 4. The molecule has 4 nitrogen and oxygen atoms in total. The second kappa shape index (κ2) is 7.66. The van der Waals surface area contributed by atoms with Crippen LogP contribution in [-0.4, -0.2) is 42.6 Å². The molecule has 0 spiro atoms. The third-order valence-electron chi connectivity index (χ3n) is 5.11. The van der Waals surface area contributed by atoms with Crippen molar-refractivity contribution < 1.29 is 9.53 Å². The average molecular weight is 330 g/mol. The van der Waals surface area contributed by atoms with Crippen molar-refractivity contribution >= 4 is 5.91 Å². The lowest BCUT2D eigenvalue weighted by molar-refractivity contribution is -0.126. The maximum atomic E-state index is 12.4. The van der Waals surface area contributed by atoms with Crippen LogP contribution in [0.15, 0.2) is 18.2 Å². The summed E-state index contributed by atoms with van der Waals surface area (Å²) < 4.78 is 5.73. The van der Waals surface area contributed by atoms with E-state index in [1.165, 1.54) is 42.4 Å². The summed E-state index contributed by atoms with van der Waals surface area (Å²) in [5, 5.41) is 3.16. The molecule has 0 bridgehead atoms. The van der Waals surface area contributed by atoms with E-state index in [1.54, 1.807) is 0 Å². The maximum Gasteiger partial charge on any atom is 0.234 e. The number of carbonyl (C=O) groups is 1. The van der Waals surface area contributed by atoms with Gasteiger partial charge in [0.05, 0.1) is 24.8 Å². The van der Waals surface area contributed by atoms with Gasteiger partial charge in [-0.25, -0.2) is 0 Å².